The Morgan fingerprint density at radius 1 is 1.08 bits per heavy atom. The van der Waals surface area contributed by atoms with Crippen LogP contribution in [0.5, 0.6) is 5.75 Å². The number of ether oxygens (including phenoxy) is 1. The lowest BCUT2D eigenvalue weighted by Crippen LogP contribution is -2.53. The fraction of sp³-hybridized carbons (Fsp3) is 0.462. The van der Waals surface area contributed by atoms with Crippen molar-refractivity contribution in [3.8, 4) is 5.75 Å². The lowest BCUT2D eigenvalue weighted by molar-refractivity contribution is -0.140. The monoisotopic (exact) mass is 537 g/mol. The maximum atomic E-state index is 13.9. The quantitative estimate of drug-likeness (QED) is 0.473. The summed E-state index contributed by atoms with van der Waals surface area (Å²) >= 11 is 0. The van der Waals surface area contributed by atoms with Crippen molar-refractivity contribution >= 4 is 27.5 Å². The van der Waals surface area contributed by atoms with Crippen LogP contribution in [-0.2, 0) is 26.2 Å². The van der Waals surface area contributed by atoms with Crippen LogP contribution in [0.2, 0.25) is 0 Å². The van der Waals surface area contributed by atoms with Crippen LogP contribution in [0.25, 0.3) is 0 Å². The van der Waals surface area contributed by atoms with Crippen molar-refractivity contribution in [2.24, 2.45) is 0 Å². The maximum Gasteiger partial charge on any atom is 0.244 e. The van der Waals surface area contributed by atoms with Crippen LogP contribution in [0.15, 0.2) is 42.5 Å². The van der Waals surface area contributed by atoms with E-state index in [1.807, 2.05) is 0 Å². The van der Waals surface area contributed by atoms with Crippen molar-refractivity contribution in [1.29, 1.82) is 0 Å². The Morgan fingerprint density at radius 3 is 2.27 bits per heavy atom. The van der Waals surface area contributed by atoms with Gasteiger partial charge in [0.15, 0.2) is 11.6 Å². The van der Waals surface area contributed by atoms with E-state index in [2.05, 4.69) is 5.32 Å². The number of benzene rings is 2. The molecular formula is C26H33F2N3O5S. The van der Waals surface area contributed by atoms with Crippen molar-refractivity contribution in [3.63, 3.8) is 0 Å². The van der Waals surface area contributed by atoms with E-state index in [1.165, 1.54) is 12.0 Å². The molecule has 1 atom stereocenters. The predicted octanol–water partition coefficient (Wildman–Crippen LogP) is 3.61. The molecule has 1 aliphatic carbocycles. The number of carbonyl (C=O) groups is 2. The van der Waals surface area contributed by atoms with E-state index in [0.29, 0.717) is 22.0 Å². The molecule has 2 aromatic carbocycles. The van der Waals surface area contributed by atoms with Crippen LogP contribution in [-0.4, -0.2) is 57.1 Å². The zero-order chi connectivity index (χ0) is 27.2. The number of carbonyl (C=O) groups excluding carboxylic acids is 2. The highest BCUT2D eigenvalue weighted by atomic mass is 32.2. The van der Waals surface area contributed by atoms with Crippen LogP contribution in [0.4, 0.5) is 14.5 Å². The molecule has 1 unspecified atom stereocenters. The molecule has 0 heterocycles. The third-order valence-corrected chi connectivity index (χ3v) is 7.61. The third kappa shape index (κ3) is 7.41. The Morgan fingerprint density at radius 2 is 1.73 bits per heavy atom. The highest BCUT2D eigenvalue weighted by Crippen LogP contribution is 2.23. The van der Waals surface area contributed by atoms with E-state index in [9.17, 15) is 26.8 Å². The molecule has 0 aliphatic heterocycles. The second-order valence-corrected chi connectivity index (χ2v) is 11.1. The van der Waals surface area contributed by atoms with E-state index in [-0.39, 0.29) is 24.2 Å². The van der Waals surface area contributed by atoms with Crippen molar-refractivity contribution < 1.29 is 31.5 Å². The molecule has 0 radical (unpaired) electrons. The van der Waals surface area contributed by atoms with E-state index in [1.54, 1.807) is 31.2 Å². The number of hydrogen-bond donors (Lipinski definition) is 1. The molecule has 3 rings (SSSR count). The normalized spacial score (nSPS) is 14.7. The van der Waals surface area contributed by atoms with Gasteiger partial charge in [-0.1, -0.05) is 31.9 Å². The van der Waals surface area contributed by atoms with Crippen LogP contribution in [0.1, 0.15) is 44.6 Å². The fourth-order valence-electron chi connectivity index (χ4n) is 4.47. The lowest BCUT2D eigenvalue weighted by atomic mass is 10.1. The molecule has 1 aliphatic rings. The first-order valence-electron chi connectivity index (χ1n) is 12.2. The van der Waals surface area contributed by atoms with Crippen molar-refractivity contribution in [2.45, 2.75) is 57.7 Å². The van der Waals surface area contributed by atoms with Gasteiger partial charge in [-0.05, 0) is 49.1 Å². The summed E-state index contributed by atoms with van der Waals surface area (Å²) in [6.07, 6.45) is 4.95. The Balaban J connectivity index is 1.93. The highest BCUT2D eigenvalue weighted by Gasteiger charge is 2.33. The zero-order valence-electron chi connectivity index (χ0n) is 21.2. The smallest absolute Gasteiger partial charge is 0.244 e. The van der Waals surface area contributed by atoms with Crippen LogP contribution >= 0.6 is 0 Å². The topological polar surface area (TPSA) is 96.0 Å². The molecule has 37 heavy (non-hydrogen) atoms. The Labute approximate surface area is 216 Å². The van der Waals surface area contributed by atoms with Gasteiger partial charge in [0.2, 0.25) is 21.8 Å². The van der Waals surface area contributed by atoms with Crippen molar-refractivity contribution in [3.05, 3.63) is 59.7 Å². The summed E-state index contributed by atoms with van der Waals surface area (Å²) in [7, 11) is -2.52. The van der Waals surface area contributed by atoms with Gasteiger partial charge in [0, 0.05) is 18.7 Å². The average Bonchev–Trinajstić information content (AvgIpc) is 3.36. The molecular weight excluding hydrogens is 504 g/mol. The first kappa shape index (κ1) is 28.4. The number of rotatable bonds is 11. The SMILES string of the molecule is CCC(C(=O)NC1CCCC1)N(Cc1ccc(OC)cc1)C(=O)CN(c1ccc(F)c(F)c1)S(C)(=O)=O. The van der Waals surface area contributed by atoms with E-state index >= 15 is 0 Å². The zero-order valence-corrected chi connectivity index (χ0v) is 22.1. The minimum atomic E-state index is -4.05. The molecule has 202 valence electrons. The number of hydrogen-bond acceptors (Lipinski definition) is 5. The van der Waals surface area contributed by atoms with Gasteiger partial charge in [-0.2, -0.15) is 0 Å². The highest BCUT2D eigenvalue weighted by molar-refractivity contribution is 7.92. The molecule has 11 heteroatoms. The average molecular weight is 538 g/mol. The van der Waals surface area contributed by atoms with Crippen molar-refractivity contribution in [2.75, 3.05) is 24.2 Å². The lowest BCUT2D eigenvalue weighted by Gasteiger charge is -2.33. The van der Waals surface area contributed by atoms with Gasteiger partial charge >= 0.3 is 0 Å². The first-order chi connectivity index (χ1) is 17.5. The van der Waals surface area contributed by atoms with Crippen LogP contribution in [0.3, 0.4) is 0 Å². The second kappa shape index (κ2) is 12.4. The standard InChI is InChI=1S/C26H33F2N3O5S/c1-4-24(26(33)29-19-7-5-6-8-19)30(16-18-9-12-21(36-2)13-10-18)25(32)17-31(37(3,34)35)20-11-14-22(27)23(28)15-20/h9-15,19,24H,4-8,16-17H2,1-3H3,(H,29,33). The molecule has 0 saturated heterocycles. The number of anilines is 1. The summed E-state index contributed by atoms with van der Waals surface area (Å²) in [4.78, 5) is 28.2. The molecule has 1 saturated carbocycles. The number of nitrogens with one attached hydrogen (secondary N) is 1. The molecule has 2 aromatic rings. The summed E-state index contributed by atoms with van der Waals surface area (Å²) in [6, 6.07) is 8.74. The minimum Gasteiger partial charge on any atom is -0.497 e. The number of halogens is 2. The van der Waals surface area contributed by atoms with Gasteiger partial charge in [-0.3, -0.25) is 13.9 Å². The molecule has 0 aromatic heterocycles. The van der Waals surface area contributed by atoms with Gasteiger partial charge < -0.3 is 15.0 Å². The summed E-state index contributed by atoms with van der Waals surface area (Å²) in [5.74, 6) is -2.72. The maximum absolute atomic E-state index is 13.9. The molecule has 8 nitrogen and oxygen atoms in total. The second-order valence-electron chi connectivity index (χ2n) is 9.15. The largest absolute Gasteiger partial charge is 0.497 e. The number of sulfonamides is 1. The number of nitrogens with zero attached hydrogens (tertiary/aromatic N) is 2. The fourth-order valence-corrected chi connectivity index (χ4v) is 5.31. The van der Waals surface area contributed by atoms with Crippen molar-refractivity contribution in [1.82, 2.24) is 10.2 Å². The molecule has 0 bridgehead atoms. The minimum absolute atomic E-state index is 0.0363. The van der Waals surface area contributed by atoms with E-state index < -0.39 is 40.2 Å². The first-order valence-corrected chi connectivity index (χ1v) is 14.0. The van der Waals surface area contributed by atoms with Gasteiger partial charge in [0.1, 0.15) is 18.3 Å². The van der Waals surface area contributed by atoms with E-state index in [0.717, 1.165) is 50.1 Å². The van der Waals surface area contributed by atoms with E-state index in [4.69, 9.17) is 4.74 Å². The number of amides is 2. The Hall–Kier alpha value is -3.21. The Kier molecular flexibility index (Phi) is 9.47. The van der Waals surface area contributed by atoms with Crippen LogP contribution < -0.4 is 14.4 Å². The molecule has 2 amide bonds. The van der Waals surface area contributed by atoms with Crippen LogP contribution in [0, 0.1) is 11.6 Å². The van der Waals surface area contributed by atoms with Gasteiger partial charge in [-0.25, -0.2) is 17.2 Å². The molecule has 1 N–H and O–H groups in total. The molecule has 0 spiro atoms. The third-order valence-electron chi connectivity index (χ3n) is 6.47. The summed E-state index contributed by atoms with van der Waals surface area (Å²) < 4.78 is 58.4. The summed E-state index contributed by atoms with van der Waals surface area (Å²) in [5.41, 5.74) is 0.516. The van der Waals surface area contributed by atoms with Gasteiger partial charge in [0.05, 0.1) is 19.1 Å². The summed E-state index contributed by atoms with van der Waals surface area (Å²) in [5, 5.41) is 3.02. The Bertz CT molecular complexity index is 1200. The number of methoxy groups -OCH3 is 1. The predicted molar refractivity (Wildman–Crippen MR) is 137 cm³/mol. The van der Waals surface area contributed by atoms with Gasteiger partial charge in [0.25, 0.3) is 0 Å². The van der Waals surface area contributed by atoms with Gasteiger partial charge in [-0.15, -0.1) is 0 Å². The molecule has 1 fully saturated rings. The summed E-state index contributed by atoms with van der Waals surface area (Å²) in [6.45, 7) is 1.12.